The van der Waals surface area contributed by atoms with Crippen LogP contribution in [-0.2, 0) is 65.4 Å². The molecule has 0 heterocycles. The number of unbranched alkanes of at least 4 members (excludes halogenated alkanes) is 46. The van der Waals surface area contributed by atoms with Crippen LogP contribution >= 0.6 is 15.6 Å². The Labute approximate surface area is 632 Å². The molecule has 0 rings (SSSR count). The van der Waals surface area contributed by atoms with Crippen LogP contribution in [0.25, 0.3) is 0 Å². The van der Waals surface area contributed by atoms with E-state index in [0.29, 0.717) is 25.7 Å². The van der Waals surface area contributed by atoms with Gasteiger partial charge < -0.3 is 33.8 Å². The van der Waals surface area contributed by atoms with Gasteiger partial charge >= 0.3 is 39.5 Å². The van der Waals surface area contributed by atoms with Gasteiger partial charge in [0.15, 0.2) is 12.2 Å². The molecule has 0 aromatic rings. The average molecular weight is 1510 g/mol. The highest BCUT2D eigenvalue weighted by Gasteiger charge is 2.30. The lowest BCUT2D eigenvalue weighted by atomic mass is 10.00. The molecule has 0 amide bonds. The summed E-state index contributed by atoms with van der Waals surface area (Å²) < 4.78 is 68.8. The molecule has 0 aliphatic carbocycles. The lowest BCUT2D eigenvalue weighted by Gasteiger charge is -2.21. The van der Waals surface area contributed by atoms with Crippen molar-refractivity contribution < 1.29 is 80.2 Å². The number of carbonyl (C=O) groups excluding carboxylic acids is 4. The van der Waals surface area contributed by atoms with E-state index >= 15 is 0 Å². The molecule has 103 heavy (non-hydrogen) atoms. The summed E-state index contributed by atoms with van der Waals surface area (Å²) in [7, 11) is -9.93. The van der Waals surface area contributed by atoms with E-state index in [9.17, 15) is 43.2 Å². The van der Waals surface area contributed by atoms with Gasteiger partial charge in [0.05, 0.1) is 26.4 Å². The number of carbonyl (C=O) groups is 4. The minimum absolute atomic E-state index is 0.107. The van der Waals surface area contributed by atoms with Crippen molar-refractivity contribution in [3.8, 4) is 0 Å². The Balaban J connectivity index is 5.22. The van der Waals surface area contributed by atoms with Crippen LogP contribution in [0, 0.1) is 23.7 Å². The van der Waals surface area contributed by atoms with Gasteiger partial charge in [-0.3, -0.25) is 37.3 Å². The molecule has 3 unspecified atom stereocenters. The van der Waals surface area contributed by atoms with Crippen molar-refractivity contribution in [2.24, 2.45) is 23.7 Å². The standard InChI is InChI=1S/C84H164O17P2/c1-9-77(8)63-55-47-42-43-49-57-65-82(87)95-71-80(101-84(89)67-58-50-40-34-28-20-15-13-11-10-12-14-18-24-30-36-44-52-60-74(2)3)73-99-103(92,93)97-69-78(85)68-96-102(90,91)98-72-79(70-94-81(86)64-56-48-39-33-27-23-22-26-32-38-46-54-62-76(6)7)100-83(88)66-59-51-41-35-29-21-17-16-19-25-31-37-45-53-61-75(4)5/h74-80,85H,9-73H2,1-8H3,(H,90,91)(H,92,93)/t77?,78-,79-,80-/m1/s1. The Hall–Kier alpha value is -1.94. The fourth-order valence-electron chi connectivity index (χ4n) is 12.9. The summed E-state index contributed by atoms with van der Waals surface area (Å²) in [6, 6.07) is 0. The van der Waals surface area contributed by atoms with E-state index < -0.39 is 97.5 Å². The number of phosphoric ester groups is 2. The molecule has 6 atom stereocenters. The van der Waals surface area contributed by atoms with Gasteiger partial charge in [-0.1, -0.05) is 383 Å². The third-order valence-corrected chi connectivity index (χ3v) is 21.8. The quantitative estimate of drug-likeness (QED) is 0.0222. The van der Waals surface area contributed by atoms with E-state index in [0.717, 1.165) is 120 Å². The molecule has 19 heteroatoms. The minimum atomic E-state index is -4.96. The second-order valence-corrected chi connectivity index (χ2v) is 34.8. The Morgan fingerprint density at radius 3 is 0.689 bits per heavy atom. The summed E-state index contributed by atoms with van der Waals surface area (Å²) in [5.41, 5.74) is 0. The molecule has 612 valence electrons. The first-order valence-corrected chi connectivity index (χ1v) is 46.2. The average Bonchev–Trinajstić information content (AvgIpc) is 0.905. The summed E-state index contributed by atoms with van der Waals surface area (Å²) in [4.78, 5) is 73.1. The maximum Gasteiger partial charge on any atom is 0.472 e. The van der Waals surface area contributed by atoms with E-state index in [-0.39, 0.29) is 25.7 Å². The molecule has 0 fully saturated rings. The molecule has 0 radical (unpaired) electrons. The molecule has 17 nitrogen and oxygen atoms in total. The lowest BCUT2D eigenvalue weighted by molar-refractivity contribution is -0.161. The molecule has 0 aromatic heterocycles. The number of rotatable bonds is 81. The number of esters is 4. The number of aliphatic hydroxyl groups excluding tert-OH is 1. The van der Waals surface area contributed by atoms with E-state index in [1.54, 1.807) is 0 Å². The Morgan fingerprint density at radius 1 is 0.272 bits per heavy atom. The predicted octanol–water partition coefficient (Wildman–Crippen LogP) is 25.2. The number of aliphatic hydroxyl groups is 1. The van der Waals surface area contributed by atoms with Crippen LogP contribution in [0.1, 0.15) is 434 Å². The van der Waals surface area contributed by atoms with Crippen LogP contribution in [0.4, 0.5) is 0 Å². The highest BCUT2D eigenvalue weighted by molar-refractivity contribution is 7.47. The first-order chi connectivity index (χ1) is 49.6. The number of hydrogen-bond acceptors (Lipinski definition) is 15. The minimum Gasteiger partial charge on any atom is -0.462 e. The van der Waals surface area contributed by atoms with E-state index in [4.69, 9.17) is 37.0 Å². The van der Waals surface area contributed by atoms with Crippen LogP contribution < -0.4 is 0 Å². The molecule has 0 aliphatic rings. The van der Waals surface area contributed by atoms with Crippen LogP contribution in [-0.4, -0.2) is 96.7 Å². The Bertz CT molecular complexity index is 2010. The van der Waals surface area contributed by atoms with Gasteiger partial charge in [0, 0.05) is 25.7 Å². The predicted molar refractivity (Wildman–Crippen MR) is 423 cm³/mol. The van der Waals surface area contributed by atoms with Gasteiger partial charge in [0.1, 0.15) is 19.3 Å². The van der Waals surface area contributed by atoms with Gasteiger partial charge in [0.2, 0.25) is 0 Å². The zero-order valence-corrected chi connectivity index (χ0v) is 69.7. The van der Waals surface area contributed by atoms with Gasteiger partial charge in [-0.2, -0.15) is 0 Å². The van der Waals surface area contributed by atoms with Crippen molar-refractivity contribution >= 4 is 39.5 Å². The summed E-state index contributed by atoms with van der Waals surface area (Å²) in [5.74, 6) is 1.02. The SMILES string of the molecule is CCC(C)CCCCCCCCC(=O)OC[C@H](COP(=O)(O)OC[C@H](O)COP(=O)(O)OC[C@@H](COC(=O)CCCCCCCCCCCCCCC(C)C)OC(=O)CCCCCCCCCCCCCCCCC(C)C)OC(=O)CCCCCCCCCCCCCCCCCCCCC(C)C. The fourth-order valence-corrected chi connectivity index (χ4v) is 14.5. The van der Waals surface area contributed by atoms with Crippen molar-refractivity contribution in [3.63, 3.8) is 0 Å². The zero-order valence-electron chi connectivity index (χ0n) is 68.0. The molecule has 0 bridgehead atoms. The van der Waals surface area contributed by atoms with Crippen molar-refractivity contribution in [2.75, 3.05) is 39.6 Å². The molecule has 0 aromatic carbocycles. The molecular formula is C84H164O17P2. The van der Waals surface area contributed by atoms with Crippen LogP contribution in [0.2, 0.25) is 0 Å². The van der Waals surface area contributed by atoms with E-state index in [1.165, 1.54) is 231 Å². The van der Waals surface area contributed by atoms with Crippen molar-refractivity contribution in [3.05, 3.63) is 0 Å². The first-order valence-electron chi connectivity index (χ1n) is 43.2. The van der Waals surface area contributed by atoms with Crippen molar-refractivity contribution in [2.45, 2.75) is 453 Å². The lowest BCUT2D eigenvalue weighted by Crippen LogP contribution is -2.30. The van der Waals surface area contributed by atoms with Crippen molar-refractivity contribution in [1.82, 2.24) is 0 Å². The third kappa shape index (κ3) is 76.6. The van der Waals surface area contributed by atoms with Crippen LogP contribution in [0.3, 0.4) is 0 Å². The van der Waals surface area contributed by atoms with Gasteiger partial charge in [-0.05, 0) is 49.4 Å². The normalized spacial score (nSPS) is 14.2. The number of phosphoric acid groups is 2. The topological polar surface area (TPSA) is 237 Å². The Kier molecular flexibility index (Phi) is 71.5. The maximum atomic E-state index is 13.1. The highest BCUT2D eigenvalue weighted by atomic mass is 31.2. The number of ether oxygens (including phenoxy) is 4. The van der Waals surface area contributed by atoms with E-state index in [2.05, 4.69) is 55.4 Å². The zero-order chi connectivity index (χ0) is 76.0. The van der Waals surface area contributed by atoms with Crippen LogP contribution in [0.5, 0.6) is 0 Å². The largest absolute Gasteiger partial charge is 0.472 e. The van der Waals surface area contributed by atoms with Gasteiger partial charge in [0.25, 0.3) is 0 Å². The summed E-state index contributed by atoms with van der Waals surface area (Å²) in [5, 5.41) is 10.7. The third-order valence-electron chi connectivity index (χ3n) is 19.9. The molecule has 0 aliphatic heterocycles. The molecule has 3 N–H and O–H groups in total. The number of hydrogen-bond donors (Lipinski definition) is 3. The smallest absolute Gasteiger partial charge is 0.462 e. The van der Waals surface area contributed by atoms with E-state index in [1.807, 2.05) is 0 Å². The monoisotopic (exact) mass is 1510 g/mol. The molecule has 0 saturated carbocycles. The maximum absolute atomic E-state index is 13.1. The summed E-state index contributed by atoms with van der Waals surface area (Å²) in [6.45, 7) is 14.3. The molecule has 0 saturated heterocycles. The molecule has 0 spiro atoms. The van der Waals surface area contributed by atoms with Gasteiger partial charge in [-0.15, -0.1) is 0 Å². The summed E-state index contributed by atoms with van der Waals surface area (Å²) in [6.07, 6.45) is 61.1. The fraction of sp³-hybridized carbons (Fsp3) is 0.952. The molecular weight excluding hydrogens is 1340 g/mol. The second kappa shape index (κ2) is 72.9. The second-order valence-electron chi connectivity index (χ2n) is 31.9. The van der Waals surface area contributed by atoms with Gasteiger partial charge in [-0.25, -0.2) is 9.13 Å². The summed E-state index contributed by atoms with van der Waals surface area (Å²) >= 11 is 0. The first kappa shape index (κ1) is 101. The Morgan fingerprint density at radius 2 is 0.466 bits per heavy atom. The highest BCUT2D eigenvalue weighted by Crippen LogP contribution is 2.45. The van der Waals surface area contributed by atoms with Crippen LogP contribution in [0.15, 0.2) is 0 Å². The van der Waals surface area contributed by atoms with Crippen molar-refractivity contribution in [1.29, 1.82) is 0 Å².